The summed E-state index contributed by atoms with van der Waals surface area (Å²) in [7, 11) is -2.03. The van der Waals surface area contributed by atoms with Gasteiger partial charge in [-0.05, 0) is 62.8 Å². The Morgan fingerprint density at radius 2 is 1.93 bits per heavy atom. The Kier molecular flexibility index (Phi) is 6.91. The molecule has 1 aromatic carbocycles. The van der Waals surface area contributed by atoms with Gasteiger partial charge in [0.2, 0.25) is 15.9 Å². The van der Waals surface area contributed by atoms with Gasteiger partial charge in [0.25, 0.3) is 0 Å². The van der Waals surface area contributed by atoms with Crippen LogP contribution in [-0.2, 0) is 14.8 Å². The van der Waals surface area contributed by atoms with Crippen molar-refractivity contribution in [3.05, 3.63) is 47.6 Å². The maximum Gasteiger partial charge on any atom is 0.246 e. The second-order valence-corrected chi connectivity index (χ2v) is 9.07. The zero-order valence-corrected chi connectivity index (χ0v) is 17.1. The lowest BCUT2D eigenvalue weighted by Gasteiger charge is -2.25. The number of hydrogen-bond acceptors (Lipinski definition) is 4. The van der Waals surface area contributed by atoms with Crippen molar-refractivity contribution in [1.29, 1.82) is 0 Å². The predicted octanol–water partition coefficient (Wildman–Crippen LogP) is 3.02. The summed E-state index contributed by atoms with van der Waals surface area (Å²) in [4.78, 5) is 12.6. The number of ether oxygens (including phenoxy) is 1. The number of carbonyl (C=O) groups excluding carboxylic acids is 1. The van der Waals surface area contributed by atoms with E-state index in [0.717, 1.165) is 19.3 Å². The average molecular weight is 405 g/mol. The average Bonchev–Trinajstić information content (AvgIpc) is 2.74. The lowest BCUT2D eigenvalue weighted by atomic mass is 9.97. The Balaban J connectivity index is 1.53. The van der Waals surface area contributed by atoms with Gasteiger partial charge in [0, 0.05) is 25.2 Å². The molecule has 1 N–H and O–H groups in total. The molecule has 6 nitrogen and oxygen atoms in total. The summed E-state index contributed by atoms with van der Waals surface area (Å²) < 4.78 is 32.0. The van der Waals surface area contributed by atoms with E-state index >= 15 is 0 Å². The molecule has 0 unspecified atom stereocenters. The quantitative estimate of drug-likeness (QED) is 0.709. The standard InChI is InChI=1S/C21H28N2O4S/c1-27-19-7-9-20(10-8-19)28(25,26)23-15-12-18(13-16-23)21(24)22-14-11-17-5-3-2-4-6-17/h5,7-10,12H,2-4,6,11,13-16H2,1H3,(H,22,24). The number of sulfonamides is 1. The van der Waals surface area contributed by atoms with E-state index in [1.807, 2.05) is 0 Å². The molecule has 0 atom stereocenters. The van der Waals surface area contributed by atoms with E-state index in [9.17, 15) is 13.2 Å². The second-order valence-electron chi connectivity index (χ2n) is 7.13. The zero-order chi connectivity index (χ0) is 20.0. The molecule has 3 rings (SSSR count). The van der Waals surface area contributed by atoms with Crippen molar-refractivity contribution < 1.29 is 17.9 Å². The van der Waals surface area contributed by atoms with Gasteiger partial charge in [0.05, 0.1) is 12.0 Å². The predicted molar refractivity (Wildman–Crippen MR) is 109 cm³/mol. The summed E-state index contributed by atoms with van der Waals surface area (Å²) in [5.74, 6) is 0.526. The number of hydrogen-bond donors (Lipinski definition) is 1. The van der Waals surface area contributed by atoms with Crippen molar-refractivity contribution >= 4 is 15.9 Å². The van der Waals surface area contributed by atoms with Gasteiger partial charge in [-0.1, -0.05) is 17.7 Å². The lowest BCUT2D eigenvalue weighted by Crippen LogP contribution is -2.37. The molecule has 0 saturated carbocycles. The monoisotopic (exact) mass is 404 g/mol. The van der Waals surface area contributed by atoms with Crippen LogP contribution in [0, 0.1) is 0 Å². The molecule has 1 heterocycles. The Labute approximate surface area is 167 Å². The smallest absolute Gasteiger partial charge is 0.246 e. The van der Waals surface area contributed by atoms with Crippen molar-refractivity contribution in [3.8, 4) is 5.75 Å². The normalized spacial score (nSPS) is 18.2. The fraction of sp³-hybridized carbons (Fsp3) is 0.476. The third kappa shape index (κ3) is 5.02. The van der Waals surface area contributed by atoms with Crippen LogP contribution in [0.1, 0.15) is 38.5 Å². The minimum Gasteiger partial charge on any atom is -0.497 e. The van der Waals surface area contributed by atoms with E-state index in [2.05, 4.69) is 11.4 Å². The molecule has 0 aromatic heterocycles. The number of methoxy groups -OCH3 is 1. The topological polar surface area (TPSA) is 75.7 Å². The van der Waals surface area contributed by atoms with Gasteiger partial charge in [0.15, 0.2) is 0 Å². The van der Waals surface area contributed by atoms with E-state index in [1.165, 1.54) is 29.8 Å². The number of amides is 1. The van der Waals surface area contributed by atoms with Gasteiger partial charge in [-0.3, -0.25) is 4.79 Å². The molecule has 0 spiro atoms. The first-order valence-electron chi connectivity index (χ1n) is 9.80. The Morgan fingerprint density at radius 1 is 1.14 bits per heavy atom. The van der Waals surface area contributed by atoms with Crippen molar-refractivity contribution in [3.63, 3.8) is 0 Å². The first-order valence-corrected chi connectivity index (χ1v) is 11.2. The highest BCUT2D eigenvalue weighted by molar-refractivity contribution is 7.89. The number of carbonyl (C=O) groups is 1. The molecule has 0 saturated heterocycles. The fourth-order valence-electron chi connectivity index (χ4n) is 3.55. The third-order valence-corrected chi connectivity index (χ3v) is 7.16. The molecular formula is C21H28N2O4S. The molecular weight excluding hydrogens is 376 g/mol. The summed E-state index contributed by atoms with van der Waals surface area (Å²) >= 11 is 0. The molecule has 0 bridgehead atoms. The van der Waals surface area contributed by atoms with Gasteiger partial charge in [0.1, 0.15) is 5.75 Å². The lowest BCUT2D eigenvalue weighted by molar-refractivity contribution is -0.117. The number of rotatable bonds is 7. The largest absolute Gasteiger partial charge is 0.497 e. The molecule has 28 heavy (non-hydrogen) atoms. The van der Waals surface area contributed by atoms with E-state index in [1.54, 1.807) is 30.3 Å². The van der Waals surface area contributed by atoms with Crippen molar-refractivity contribution in [1.82, 2.24) is 9.62 Å². The van der Waals surface area contributed by atoms with Gasteiger partial charge in [-0.25, -0.2) is 8.42 Å². The van der Waals surface area contributed by atoms with Crippen molar-refractivity contribution in [2.24, 2.45) is 0 Å². The van der Waals surface area contributed by atoms with Crippen LogP contribution in [0.2, 0.25) is 0 Å². The van der Waals surface area contributed by atoms with E-state index in [4.69, 9.17) is 4.74 Å². The molecule has 7 heteroatoms. The summed E-state index contributed by atoms with van der Waals surface area (Å²) in [6.45, 7) is 1.15. The molecule has 1 amide bonds. The first-order chi connectivity index (χ1) is 13.5. The molecule has 0 fully saturated rings. The Bertz CT molecular complexity index is 857. The molecule has 2 aliphatic rings. The van der Waals surface area contributed by atoms with E-state index in [-0.39, 0.29) is 17.3 Å². The summed E-state index contributed by atoms with van der Waals surface area (Å²) in [5, 5.41) is 2.97. The zero-order valence-electron chi connectivity index (χ0n) is 16.3. The highest BCUT2D eigenvalue weighted by Crippen LogP contribution is 2.23. The summed E-state index contributed by atoms with van der Waals surface area (Å²) in [5.41, 5.74) is 2.10. The summed E-state index contributed by atoms with van der Waals surface area (Å²) in [6, 6.07) is 6.35. The SMILES string of the molecule is COc1ccc(S(=O)(=O)N2CC=C(C(=O)NCCC3=CCCCC3)CC2)cc1. The van der Waals surface area contributed by atoms with Crippen LogP contribution in [0.5, 0.6) is 5.75 Å². The van der Waals surface area contributed by atoms with E-state index < -0.39 is 10.0 Å². The highest BCUT2D eigenvalue weighted by atomic mass is 32.2. The number of nitrogens with zero attached hydrogens (tertiary/aromatic N) is 1. The number of benzene rings is 1. The Morgan fingerprint density at radius 3 is 2.54 bits per heavy atom. The van der Waals surface area contributed by atoms with Gasteiger partial charge in [-0.15, -0.1) is 0 Å². The van der Waals surface area contributed by atoms with Crippen LogP contribution in [-0.4, -0.2) is 45.4 Å². The number of nitrogens with one attached hydrogen (secondary N) is 1. The second kappa shape index (κ2) is 9.39. The molecule has 1 aliphatic heterocycles. The minimum absolute atomic E-state index is 0.0853. The van der Waals surface area contributed by atoms with Crippen molar-refractivity contribution in [2.75, 3.05) is 26.7 Å². The van der Waals surface area contributed by atoms with Gasteiger partial charge < -0.3 is 10.1 Å². The van der Waals surface area contributed by atoms with Crippen LogP contribution in [0.3, 0.4) is 0 Å². The van der Waals surface area contributed by atoms with Crippen LogP contribution in [0.25, 0.3) is 0 Å². The highest BCUT2D eigenvalue weighted by Gasteiger charge is 2.27. The molecule has 0 radical (unpaired) electrons. The minimum atomic E-state index is -3.57. The molecule has 152 valence electrons. The van der Waals surface area contributed by atoms with E-state index in [0.29, 0.717) is 30.8 Å². The number of allylic oxidation sites excluding steroid dienone is 1. The van der Waals surface area contributed by atoms with Crippen molar-refractivity contribution in [2.45, 2.75) is 43.4 Å². The van der Waals surface area contributed by atoms with Crippen LogP contribution >= 0.6 is 0 Å². The third-order valence-electron chi connectivity index (χ3n) is 5.28. The first kappa shape index (κ1) is 20.6. The van der Waals surface area contributed by atoms with Gasteiger partial charge in [-0.2, -0.15) is 4.31 Å². The molecule has 1 aromatic rings. The fourth-order valence-corrected chi connectivity index (χ4v) is 4.93. The molecule has 1 aliphatic carbocycles. The van der Waals surface area contributed by atoms with Crippen LogP contribution < -0.4 is 10.1 Å². The van der Waals surface area contributed by atoms with Gasteiger partial charge >= 0.3 is 0 Å². The van der Waals surface area contributed by atoms with Crippen LogP contribution in [0.4, 0.5) is 0 Å². The van der Waals surface area contributed by atoms with Crippen LogP contribution in [0.15, 0.2) is 52.5 Å². The maximum atomic E-state index is 12.8. The summed E-state index contributed by atoms with van der Waals surface area (Å²) in [6.07, 6.45) is 10.1. The maximum absolute atomic E-state index is 12.8. The Hall–Kier alpha value is -2.12.